The van der Waals surface area contributed by atoms with Crippen LogP contribution in [0.1, 0.15) is 26.7 Å². The molecule has 1 unspecified atom stereocenters. The van der Waals surface area contributed by atoms with Gasteiger partial charge in [0.2, 0.25) is 0 Å². The predicted octanol–water partition coefficient (Wildman–Crippen LogP) is 0.660. The minimum absolute atomic E-state index is 0.114. The van der Waals surface area contributed by atoms with Crippen LogP contribution >= 0.6 is 0 Å². The summed E-state index contributed by atoms with van der Waals surface area (Å²) in [5, 5.41) is 0. The van der Waals surface area contributed by atoms with E-state index in [-0.39, 0.29) is 30.8 Å². The quantitative estimate of drug-likeness (QED) is 0.648. The number of hydrogen-bond donors (Lipinski definition) is 0. The van der Waals surface area contributed by atoms with E-state index in [4.69, 9.17) is 14.2 Å². The standard InChI is InChI=1S/C10H16O5/c1-7(11)14-6-10-5-9(3-4-13-10)15-8(2)12/h9-10H,3-6H2,1-2H3/t9-,10?/m1/s1. The van der Waals surface area contributed by atoms with Crippen LogP contribution in [0.3, 0.4) is 0 Å². The molecule has 0 bridgehead atoms. The van der Waals surface area contributed by atoms with Gasteiger partial charge in [-0.3, -0.25) is 9.59 Å². The van der Waals surface area contributed by atoms with Gasteiger partial charge in [-0.05, 0) is 0 Å². The Balaban J connectivity index is 2.28. The van der Waals surface area contributed by atoms with Crippen molar-refractivity contribution in [2.24, 2.45) is 0 Å². The van der Waals surface area contributed by atoms with Crippen LogP contribution in [0.2, 0.25) is 0 Å². The van der Waals surface area contributed by atoms with Crippen molar-refractivity contribution in [1.29, 1.82) is 0 Å². The van der Waals surface area contributed by atoms with Crippen molar-refractivity contribution in [1.82, 2.24) is 0 Å². The molecule has 1 aliphatic rings. The van der Waals surface area contributed by atoms with Crippen molar-refractivity contribution < 1.29 is 23.8 Å². The average molecular weight is 216 g/mol. The summed E-state index contributed by atoms with van der Waals surface area (Å²) >= 11 is 0. The zero-order chi connectivity index (χ0) is 11.3. The maximum atomic E-state index is 10.7. The molecule has 1 rings (SSSR count). The number of ether oxygens (including phenoxy) is 3. The van der Waals surface area contributed by atoms with Gasteiger partial charge in [0.1, 0.15) is 12.7 Å². The molecule has 0 N–H and O–H groups in total. The lowest BCUT2D eigenvalue weighted by atomic mass is 10.1. The van der Waals surface area contributed by atoms with Crippen LogP contribution in [0.4, 0.5) is 0 Å². The Bertz CT molecular complexity index is 238. The summed E-state index contributed by atoms with van der Waals surface area (Å²) in [7, 11) is 0. The molecule has 0 aliphatic carbocycles. The molecular weight excluding hydrogens is 200 g/mol. The lowest BCUT2D eigenvalue weighted by Crippen LogP contribution is -2.35. The maximum Gasteiger partial charge on any atom is 0.302 e. The lowest BCUT2D eigenvalue weighted by Gasteiger charge is -2.28. The first-order valence-electron chi connectivity index (χ1n) is 5.00. The molecule has 1 heterocycles. The van der Waals surface area contributed by atoms with E-state index in [1.807, 2.05) is 0 Å². The second-order valence-electron chi connectivity index (χ2n) is 3.55. The smallest absolute Gasteiger partial charge is 0.302 e. The second-order valence-corrected chi connectivity index (χ2v) is 3.55. The molecule has 1 fully saturated rings. The van der Waals surface area contributed by atoms with Crippen LogP contribution in [0, 0.1) is 0 Å². The maximum absolute atomic E-state index is 10.7. The Morgan fingerprint density at radius 2 is 2.07 bits per heavy atom. The van der Waals surface area contributed by atoms with Crippen molar-refractivity contribution in [2.45, 2.75) is 38.9 Å². The van der Waals surface area contributed by atoms with Gasteiger partial charge in [0.05, 0.1) is 12.7 Å². The number of esters is 2. The first-order valence-corrected chi connectivity index (χ1v) is 5.00. The monoisotopic (exact) mass is 216 g/mol. The van der Waals surface area contributed by atoms with E-state index in [1.165, 1.54) is 13.8 Å². The van der Waals surface area contributed by atoms with Gasteiger partial charge in [-0.1, -0.05) is 0 Å². The summed E-state index contributed by atoms with van der Waals surface area (Å²) in [5.74, 6) is -0.610. The zero-order valence-electron chi connectivity index (χ0n) is 9.02. The predicted molar refractivity (Wildman–Crippen MR) is 51.2 cm³/mol. The summed E-state index contributed by atoms with van der Waals surface area (Å²) < 4.78 is 15.3. The fourth-order valence-corrected chi connectivity index (χ4v) is 1.51. The molecule has 0 spiro atoms. The SMILES string of the molecule is CC(=O)OCC1C[C@H](OC(C)=O)CCO1. The third kappa shape index (κ3) is 4.78. The van der Waals surface area contributed by atoms with Gasteiger partial charge in [-0.2, -0.15) is 0 Å². The number of rotatable bonds is 3. The van der Waals surface area contributed by atoms with Crippen LogP contribution in [-0.2, 0) is 23.8 Å². The first kappa shape index (κ1) is 12.0. The second kappa shape index (κ2) is 5.70. The van der Waals surface area contributed by atoms with Crippen LogP contribution in [0.25, 0.3) is 0 Å². The molecule has 15 heavy (non-hydrogen) atoms. The van der Waals surface area contributed by atoms with E-state index in [2.05, 4.69) is 0 Å². The van der Waals surface area contributed by atoms with Gasteiger partial charge in [0.25, 0.3) is 0 Å². The van der Waals surface area contributed by atoms with E-state index in [0.29, 0.717) is 19.4 Å². The third-order valence-electron chi connectivity index (χ3n) is 2.12. The van der Waals surface area contributed by atoms with E-state index >= 15 is 0 Å². The number of hydrogen-bond acceptors (Lipinski definition) is 5. The van der Waals surface area contributed by atoms with Crippen molar-refractivity contribution in [3.8, 4) is 0 Å². The average Bonchev–Trinajstić information content (AvgIpc) is 2.14. The summed E-state index contributed by atoms with van der Waals surface area (Å²) in [5.41, 5.74) is 0. The summed E-state index contributed by atoms with van der Waals surface area (Å²) in [6, 6.07) is 0. The zero-order valence-corrected chi connectivity index (χ0v) is 9.02. The van der Waals surface area contributed by atoms with Crippen molar-refractivity contribution in [3.05, 3.63) is 0 Å². The Morgan fingerprint density at radius 3 is 2.67 bits per heavy atom. The van der Waals surface area contributed by atoms with Crippen LogP contribution in [0.5, 0.6) is 0 Å². The van der Waals surface area contributed by atoms with E-state index in [0.717, 1.165) is 0 Å². The molecule has 1 saturated heterocycles. The number of carbonyl (C=O) groups excluding carboxylic acids is 2. The van der Waals surface area contributed by atoms with E-state index in [9.17, 15) is 9.59 Å². The normalized spacial score (nSPS) is 25.7. The third-order valence-corrected chi connectivity index (χ3v) is 2.12. The first-order chi connectivity index (χ1) is 7.08. The Labute approximate surface area is 88.7 Å². The van der Waals surface area contributed by atoms with Gasteiger partial charge >= 0.3 is 11.9 Å². The summed E-state index contributed by atoms with van der Waals surface area (Å²) in [6.07, 6.45) is 1.02. The Hall–Kier alpha value is -1.10. The Morgan fingerprint density at radius 1 is 1.33 bits per heavy atom. The van der Waals surface area contributed by atoms with E-state index < -0.39 is 0 Å². The summed E-state index contributed by atoms with van der Waals surface area (Å²) in [6.45, 7) is 3.50. The molecule has 5 nitrogen and oxygen atoms in total. The molecule has 0 aromatic heterocycles. The van der Waals surface area contributed by atoms with Gasteiger partial charge in [-0.15, -0.1) is 0 Å². The Kier molecular flexibility index (Phi) is 4.55. The highest BCUT2D eigenvalue weighted by molar-refractivity contribution is 5.66. The molecule has 0 saturated carbocycles. The van der Waals surface area contributed by atoms with Crippen molar-refractivity contribution >= 4 is 11.9 Å². The highest BCUT2D eigenvalue weighted by Gasteiger charge is 2.25. The molecule has 0 aromatic carbocycles. The van der Waals surface area contributed by atoms with Gasteiger partial charge in [0, 0.05) is 26.7 Å². The van der Waals surface area contributed by atoms with Crippen LogP contribution in [0.15, 0.2) is 0 Å². The van der Waals surface area contributed by atoms with E-state index in [1.54, 1.807) is 0 Å². The fourth-order valence-electron chi connectivity index (χ4n) is 1.51. The highest BCUT2D eigenvalue weighted by Crippen LogP contribution is 2.17. The molecule has 1 aliphatic heterocycles. The summed E-state index contributed by atoms with van der Waals surface area (Å²) in [4.78, 5) is 21.3. The molecule has 0 radical (unpaired) electrons. The largest absolute Gasteiger partial charge is 0.463 e. The molecule has 86 valence electrons. The minimum atomic E-state index is -0.326. The fraction of sp³-hybridized carbons (Fsp3) is 0.800. The molecule has 2 atom stereocenters. The van der Waals surface area contributed by atoms with Crippen LogP contribution < -0.4 is 0 Å². The van der Waals surface area contributed by atoms with Gasteiger partial charge < -0.3 is 14.2 Å². The molecule has 0 aromatic rings. The molecule has 5 heteroatoms. The minimum Gasteiger partial charge on any atom is -0.463 e. The van der Waals surface area contributed by atoms with Crippen LogP contribution in [-0.4, -0.2) is 37.4 Å². The van der Waals surface area contributed by atoms with Crippen molar-refractivity contribution in [3.63, 3.8) is 0 Å². The van der Waals surface area contributed by atoms with Gasteiger partial charge in [-0.25, -0.2) is 0 Å². The topological polar surface area (TPSA) is 61.8 Å². The highest BCUT2D eigenvalue weighted by atomic mass is 16.6. The molecular formula is C10H16O5. The van der Waals surface area contributed by atoms with Gasteiger partial charge in [0.15, 0.2) is 0 Å². The van der Waals surface area contributed by atoms with Crippen molar-refractivity contribution in [2.75, 3.05) is 13.2 Å². The number of carbonyl (C=O) groups is 2. The molecule has 0 amide bonds. The lowest BCUT2D eigenvalue weighted by molar-refractivity contribution is -0.160.